The Morgan fingerprint density at radius 2 is 2.08 bits per heavy atom. The SMILES string of the molecule is COCc1cc(N[C@H]2CCCC[C@H]2CC(=O)N2CC=CC2)ncn1. The topological polar surface area (TPSA) is 67.3 Å². The number of aromatic nitrogens is 2. The molecule has 1 aliphatic carbocycles. The van der Waals surface area contributed by atoms with Gasteiger partial charge in [-0.2, -0.15) is 0 Å². The van der Waals surface area contributed by atoms with Crippen LogP contribution in [-0.2, 0) is 16.1 Å². The highest BCUT2D eigenvalue weighted by Crippen LogP contribution is 2.30. The zero-order valence-corrected chi connectivity index (χ0v) is 14.3. The lowest BCUT2D eigenvalue weighted by Crippen LogP contribution is -2.37. The number of rotatable bonds is 6. The maximum absolute atomic E-state index is 12.5. The third kappa shape index (κ3) is 4.32. The van der Waals surface area contributed by atoms with Gasteiger partial charge in [0.25, 0.3) is 0 Å². The standard InChI is InChI=1S/C18H26N4O2/c1-24-12-15-11-17(20-13-19-15)21-16-7-3-2-6-14(16)10-18(23)22-8-4-5-9-22/h4-5,11,13-14,16H,2-3,6-10,12H2,1H3,(H,19,20,21)/t14-,16-/m0/s1. The Balaban J connectivity index is 1.61. The van der Waals surface area contributed by atoms with Gasteiger partial charge in [-0.15, -0.1) is 0 Å². The van der Waals surface area contributed by atoms with Gasteiger partial charge in [-0.05, 0) is 18.8 Å². The van der Waals surface area contributed by atoms with E-state index in [-0.39, 0.29) is 5.91 Å². The number of amides is 1. The molecule has 1 aromatic rings. The van der Waals surface area contributed by atoms with Gasteiger partial charge in [-0.1, -0.05) is 25.0 Å². The van der Waals surface area contributed by atoms with E-state index < -0.39 is 0 Å². The van der Waals surface area contributed by atoms with Gasteiger partial charge in [0.15, 0.2) is 0 Å². The van der Waals surface area contributed by atoms with E-state index in [2.05, 4.69) is 27.4 Å². The molecule has 6 heteroatoms. The van der Waals surface area contributed by atoms with Crippen molar-refractivity contribution in [1.82, 2.24) is 14.9 Å². The number of hydrogen-bond acceptors (Lipinski definition) is 5. The third-order valence-electron chi connectivity index (χ3n) is 4.87. The zero-order valence-electron chi connectivity index (χ0n) is 14.3. The fraction of sp³-hybridized carbons (Fsp3) is 0.611. The number of nitrogens with one attached hydrogen (secondary N) is 1. The van der Waals surface area contributed by atoms with E-state index in [0.717, 1.165) is 37.4 Å². The van der Waals surface area contributed by atoms with E-state index in [9.17, 15) is 4.79 Å². The third-order valence-corrected chi connectivity index (χ3v) is 4.87. The van der Waals surface area contributed by atoms with E-state index in [1.165, 1.54) is 12.8 Å². The smallest absolute Gasteiger partial charge is 0.223 e. The van der Waals surface area contributed by atoms with Crippen molar-refractivity contribution in [2.24, 2.45) is 5.92 Å². The summed E-state index contributed by atoms with van der Waals surface area (Å²) in [4.78, 5) is 22.9. The molecule has 0 bridgehead atoms. The van der Waals surface area contributed by atoms with Crippen LogP contribution < -0.4 is 5.32 Å². The Kier molecular flexibility index (Phi) is 5.80. The van der Waals surface area contributed by atoms with Gasteiger partial charge in [0, 0.05) is 38.7 Å². The molecule has 0 saturated heterocycles. The second kappa shape index (κ2) is 8.24. The molecule has 1 aliphatic heterocycles. The predicted molar refractivity (Wildman–Crippen MR) is 92.5 cm³/mol. The van der Waals surface area contributed by atoms with Crippen LogP contribution in [0.2, 0.25) is 0 Å². The molecule has 0 spiro atoms. The van der Waals surface area contributed by atoms with Gasteiger partial charge in [-0.3, -0.25) is 4.79 Å². The minimum absolute atomic E-state index is 0.265. The summed E-state index contributed by atoms with van der Waals surface area (Å²) >= 11 is 0. The molecule has 1 amide bonds. The fourth-order valence-corrected chi connectivity index (χ4v) is 3.57. The molecule has 0 unspecified atom stereocenters. The normalized spacial score (nSPS) is 23.5. The first kappa shape index (κ1) is 16.9. The summed E-state index contributed by atoms with van der Waals surface area (Å²) in [5, 5.41) is 3.53. The van der Waals surface area contributed by atoms with E-state index in [1.54, 1.807) is 13.4 Å². The second-order valence-corrected chi connectivity index (χ2v) is 6.60. The Morgan fingerprint density at radius 3 is 2.88 bits per heavy atom. The molecule has 3 rings (SSSR count). The largest absolute Gasteiger partial charge is 0.378 e. The molecule has 6 nitrogen and oxygen atoms in total. The minimum Gasteiger partial charge on any atom is -0.378 e. The Hall–Kier alpha value is -1.95. The number of carbonyl (C=O) groups excluding carboxylic acids is 1. The predicted octanol–water partition coefficient (Wildman–Crippen LogP) is 2.38. The van der Waals surface area contributed by atoms with Crippen molar-refractivity contribution in [2.75, 3.05) is 25.5 Å². The first-order valence-electron chi connectivity index (χ1n) is 8.75. The van der Waals surface area contributed by atoms with Crippen LogP contribution in [0.25, 0.3) is 0 Å². The fourth-order valence-electron chi connectivity index (χ4n) is 3.57. The summed E-state index contributed by atoms with van der Waals surface area (Å²) in [5.74, 6) is 1.46. The molecule has 130 valence electrons. The van der Waals surface area contributed by atoms with Crippen molar-refractivity contribution in [3.8, 4) is 0 Å². The Bertz CT molecular complexity index is 582. The van der Waals surface area contributed by atoms with Crippen LogP contribution in [0.15, 0.2) is 24.5 Å². The number of nitrogens with zero attached hydrogens (tertiary/aromatic N) is 3. The number of hydrogen-bond donors (Lipinski definition) is 1. The maximum Gasteiger partial charge on any atom is 0.223 e. The van der Waals surface area contributed by atoms with Crippen molar-refractivity contribution >= 4 is 11.7 Å². The van der Waals surface area contributed by atoms with Crippen molar-refractivity contribution in [2.45, 2.75) is 44.8 Å². The van der Waals surface area contributed by atoms with Crippen LogP contribution in [0.1, 0.15) is 37.8 Å². The number of ether oxygens (including phenoxy) is 1. The maximum atomic E-state index is 12.5. The summed E-state index contributed by atoms with van der Waals surface area (Å²) < 4.78 is 5.13. The van der Waals surface area contributed by atoms with E-state index >= 15 is 0 Å². The molecule has 24 heavy (non-hydrogen) atoms. The van der Waals surface area contributed by atoms with E-state index in [1.807, 2.05) is 11.0 Å². The molecule has 0 radical (unpaired) electrons. The highest BCUT2D eigenvalue weighted by molar-refractivity contribution is 5.77. The van der Waals surface area contributed by atoms with Crippen molar-refractivity contribution < 1.29 is 9.53 Å². The van der Waals surface area contributed by atoms with Gasteiger partial charge in [0.05, 0.1) is 12.3 Å². The van der Waals surface area contributed by atoms with E-state index in [0.29, 0.717) is 25.0 Å². The Morgan fingerprint density at radius 1 is 1.29 bits per heavy atom. The van der Waals surface area contributed by atoms with Crippen LogP contribution in [0, 0.1) is 5.92 Å². The lowest BCUT2D eigenvalue weighted by molar-refractivity contribution is -0.131. The summed E-state index contributed by atoms with van der Waals surface area (Å²) in [6, 6.07) is 2.23. The van der Waals surface area contributed by atoms with Crippen molar-refractivity contribution in [3.63, 3.8) is 0 Å². The van der Waals surface area contributed by atoms with Crippen LogP contribution in [0.3, 0.4) is 0 Å². The molecule has 1 saturated carbocycles. The zero-order chi connectivity index (χ0) is 16.8. The number of anilines is 1. The summed E-state index contributed by atoms with van der Waals surface area (Å²) in [6.45, 7) is 2.00. The molecule has 2 atom stereocenters. The minimum atomic E-state index is 0.265. The summed E-state index contributed by atoms with van der Waals surface area (Å²) in [6.07, 6.45) is 10.9. The lowest BCUT2D eigenvalue weighted by atomic mass is 9.82. The molecule has 1 N–H and O–H groups in total. The van der Waals surface area contributed by atoms with Gasteiger partial charge in [0.1, 0.15) is 12.1 Å². The molecule has 1 fully saturated rings. The second-order valence-electron chi connectivity index (χ2n) is 6.60. The highest BCUT2D eigenvalue weighted by atomic mass is 16.5. The summed E-state index contributed by atoms with van der Waals surface area (Å²) in [7, 11) is 1.66. The van der Waals surface area contributed by atoms with Gasteiger partial charge >= 0.3 is 0 Å². The van der Waals surface area contributed by atoms with Gasteiger partial charge in [0.2, 0.25) is 5.91 Å². The number of carbonyl (C=O) groups is 1. The first-order valence-corrected chi connectivity index (χ1v) is 8.75. The average Bonchev–Trinajstić information content (AvgIpc) is 3.12. The van der Waals surface area contributed by atoms with Crippen LogP contribution in [0.5, 0.6) is 0 Å². The molecular formula is C18H26N4O2. The van der Waals surface area contributed by atoms with Crippen LogP contribution in [0.4, 0.5) is 5.82 Å². The molecule has 2 aliphatic rings. The molecule has 0 aromatic carbocycles. The van der Waals surface area contributed by atoms with Crippen LogP contribution >= 0.6 is 0 Å². The highest BCUT2D eigenvalue weighted by Gasteiger charge is 2.29. The average molecular weight is 330 g/mol. The van der Waals surface area contributed by atoms with E-state index in [4.69, 9.17) is 4.74 Å². The van der Waals surface area contributed by atoms with Gasteiger partial charge in [-0.25, -0.2) is 9.97 Å². The Labute approximate surface area is 143 Å². The van der Waals surface area contributed by atoms with Crippen LogP contribution in [-0.4, -0.2) is 47.0 Å². The number of methoxy groups -OCH3 is 1. The summed E-state index contributed by atoms with van der Waals surface area (Å²) in [5.41, 5.74) is 0.863. The quantitative estimate of drug-likeness (QED) is 0.811. The van der Waals surface area contributed by atoms with Crippen molar-refractivity contribution in [3.05, 3.63) is 30.2 Å². The molecule has 2 heterocycles. The molecular weight excluding hydrogens is 304 g/mol. The van der Waals surface area contributed by atoms with Crippen molar-refractivity contribution in [1.29, 1.82) is 0 Å². The monoisotopic (exact) mass is 330 g/mol. The van der Waals surface area contributed by atoms with Gasteiger partial charge < -0.3 is 15.0 Å². The molecule has 1 aromatic heterocycles. The lowest BCUT2D eigenvalue weighted by Gasteiger charge is -2.33. The first-order chi connectivity index (χ1) is 11.8.